The first-order chi connectivity index (χ1) is 12.0. The Kier molecular flexibility index (Phi) is 4.79. The number of aromatic nitrogens is 2. The van der Waals surface area contributed by atoms with Gasteiger partial charge in [-0.2, -0.15) is 0 Å². The van der Waals surface area contributed by atoms with E-state index in [0.717, 1.165) is 16.8 Å². The molecule has 1 saturated heterocycles. The van der Waals surface area contributed by atoms with Crippen LogP contribution in [0.25, 0.3) is 0 Å². The number of hydrogen-bond donors (Lipinski definition) is 3. The van der Waals surface area contributed by atoms with E-state index in [1.165, 1.54) is 0 Å². The number of carbonyl (C=O) groups excluding carboxylic acids is 1. The predicted molar refractivity (Wildman–Crippen MR) is 84.0 cm³/mol. The van der Waals surface area contributed by atoms with E-state index in [-0.39, 0.29) is 6.61 Å². The monoisotopic (exact) mass is 348 g/mol. The van der Waals surface area contributed by atoms with Gasteiger partial charge >= 0.3 is 11.7 Å². The maximum absolute atomic E-state index is 11.9. The third kappa shape index (κ3) is 3.53. The number of rotatable bonds is 4. The smallest absolute Gasteiger partial charge is 0.338 e. The van der Waals surface area contributed by atoms with Crippen LogP contribution >= 0.6 is 0 Å². The van der Waals surface area contributed by atoms with Crippen molar-refractivity contribution in [3.63, 3.8) is 0 Å². The van der Waals surface area contributed by atoms with Crippen LogP contribution in [0.3, 0.4) is 0 Å². The maximum Gasteiger partial charge on any atom is 0.338 e. The third-order valence-corrected chi connectivity index (χ3v) is 3.85. The van der Waals surface area contributed by atoms with E-state index in [9.17, 15) is 24.6 Å². The standard InChI is InChI=1S/C16H16N2O7/c19-11-6-7-18(16(23)17-11)14-13(21)12(20)10(25-14)8-24-15(22)9-4-2-1-3-5-9/h1-7,10,12-14,20-21H,8H2,(H,17,19,23)/t10-,12+,13+,14-/m0/s1. The van der Waals surface area contributed by atoms with Gasteiger partial charge in [0, 0.05) is 12.3 Å². The van der Waals surface area contributed by atoms with Gasteiger partial charge < -0.3 is 19.7 Å². The zero-order chi connectivity index (χ0) is 18.0. The van der Waals surface area contributed by atoms with Crippen LogP contribution in [0, 0.1) is 0 Å². The predicted octanol–water partition coefficient (Wildman–Crippen LogP) is -0.987. The van der Waals surface area contributed by atoms with Crippen molar-refractivity contribution in [1.29, 1.82) is 0 Å². The Morgan fingerprint density at radius 2 is 1.88 bits per heavy atom. The van der Waals surface area contributed by atoms with Crippen LogP contribution in [0.5, 0.6) is 0 Å². The molecular weight excluding hydrogens is 332 g/mol. The van der Waals surface area contributed by atoms with Crippen molar-refractivity contribution in [2.75, 3.05) is 6.61 Å². The fourth-order valence-electron chi connectivity index (χ4n) is 2.54. The fraction of sp³-hybridized carbons (Fsp3) is 0.312. The number of benzene rings is 1. The summed E-state index contributed by atoms with van der Waals surface area (Å²) in [6.07, 6.45) is -3.87. The number of carbonyl (C=O) groups is 1. The van der Waals surface area contributed by atoms with Gasteiger partial charge in [-0.15, -0.1) is 0 Å². The summed E-state index contributed by atoms with van der Waals surface area (Å²) < 4.78 is 11.5. The third-order valence-electron chi connectivity index (χ3n) is 3.85. The fourth-order valence-corrected chi connectivity index (χ4v) is 2.54. The minimum atomic E-state index is -1.43. The second-order valence-corrected chi connectivity index (χ2v) is 5.53. The number of aromatic amines is 1. The van der Waals surface area contributed by atoms with E-state index < -0.39 is 41.8 Å². The minimum Gasteiger partial charge on any atom is -0.459 e. The summed E-state index contributed by atoms with van der Waals surface area (Å²) in [5.74, 6) is -0.601. The summed E-state index contributed by atoms with van der Waals surface area (Å²) in [4.78, 5) is 36.8. The van der Waals surface area contributed by atoms with Crippen molar-refractivity contribution in [3.05, 3.63) is 69.0 Å². The van der Waals surface area contributed by atoms with Gasteiger partial charge in [-0.05, 0) is 12.1 Å². The lowest BCUT2D eigenvalue weighted by Crippen LogP contribution is -2.37. The summed E-state index contributed by atoms with van der Waals surface area (Å²) in [5, 5.41) is 20.2. The van der Waals surface area contributed by atoms with Crippen molar-refractivity contribution in [2.45, 2.75) is 24.5 Å². The van der Waals surface area contributed by atoms with Crippen LogP contribution in [-0.4, -0.2) is 50.7 Å². The molecule has 0 spiro atoms. The molecule has 0 bridgehead atoms. The van der Waals surface area contributed by atoms with Gasteiger partial charge in [0.05, 0.1) is 5.56 Å². The molecule has 1 aliphatic heterocycles. The summed E-state index contributed by atoms with van der Waals surface area (Å²) >= 11 is 0. The molecule has 3 N–H and O–H groups in total. The van der Waals surface area contributed by atoms with E-state index >= 15 is 0 Å². The molecule has 1 aromatic heterocycles. The zero-order valence-corrected chi connectivity index (χ0v) is 12.9. The van der Waals surface area contributed by atoms with Crippen LogP contribution in [0.15, 0.2) is 52.2 Å². The highest BCUT2D eigenvalue weighted by Gasteiger charge is 2.44. The number of hydrogen-bond acceptors (Lipinski definition) is 7. The molecule has 132 valence electrons. The average Bonchev–Trinajstić information content (AvgIpc) is 2.89. The van der Waals surface area contributed by atoms with E-state index in [0.29, 0.717) is 5.56 Å². The first-order valence-corrected chi connectivity index (χ1v) is 7.52. The summed E-state index contributed by atoms with van der Waals surface area (Å²) in [7, 11) is 0. The lowest BCUT2D eigenvalue weighted by molar-refractivity contribution is -0.0599. The molecule has 9 heteroatoms. The van der Waals surface area contributed by atoms with Gasteiger partial charge in [0.15, 0.2) is 6.23 Å². The molecule has 2 heterocycles. The maximum atomic E-state index is 11.9. The van der Waals surface area contributed by atoms with E-state index in [4.69, 9.17) is 9.47 Å². The Morgan fingerprint density at radius 3 is 2.56 bits per heavy atom. The van der Waals surface area contributed by atoms with Crippen molar-refractivity contribution >= 4 is 5.97 Å². The van der Waals surface area contributed by atoms with Gasteiger partial charge in [0.2, 0.25) is 0 Å². The molecule has 1 aromatic carbocycles. The normalized spacial score (nSPS) is 25.7. The van der Waals surface area contributed by atoms with E-state index in [1.807, 2.05) is 4.98 Å². The van der Waals surface area contributed by atoms with Gasteiger partial charge in [0.1, 0.15) is 24.9 Å². The molecule has 1 fully saturated rings. The van der Waals surface area contributed by atoms with Crippen molar-refractivity contribution < 1.29 is 24.5 Å². The van der Waals surface area contributed by atoms with Gasteiger partial charge in [-0.1, -0.05) is 18.2 Å². The van der Waals surface area contributed by atoms with Crippen LogP contribution < -0.4 is 11.2 Å². The SMILES string of the molecule is O=C(OC[C@@H]1O[C@H](n2ccc(=O)[nH]c2=O)[C@H](O)[C@@H]1O)c1ccccc1. The van der Waals surface area contributed by atoms with Crippen LogP contribution in [0.1, 0.15) is 16.6 Å². The second-order valence-electron chi connectivity index (χ2n) is 5.53. The zero-order valence-electron chi connectivity index (χ0n) is 12.9. The Morgan fingerprint density at radius 1 is 1.16 bits per heavy atom. The number of nitrogens with one attached hydrogen (secondary N) is 1. The molecule has 9 nitrogen and oxygen atoms in total. The Balaban J connectivity index is 1.69. The van der Waals surface area contributed by atoms with E-state index in [1.54, 1.807) is 30.3 Å². The summed E-state index contributed by atoms with van der Waals surface area (Å²) in [6, 6.07) is 9.35. The topological polar surface area (TPSA) is 131 Å². The number of ether oxygens (including phenoxy) is 2. The van der Waals surface area contributed by atoms with Crippen molar-refractivity contribution in [1.82, 2.24) is 9.55 Å². The average molecular weight is 348 g/mol. The number of esters is 1. The highest BCUT2D eigenvalue weighted by molar-refractivity contribution is 5.89. The first kappa shape index (κ1) is 17.1. The lowest BCUT2D eigenvalue weighted by atomic mass is 10.1. The van der Waals surface area contributed by atoms with Gasteiger partial charge in [0.25, 0.3) is 5.56 Å². The molecule has 3 rings (SSSR count). The molecule has 2 aromatic rings. The quantitative estimate of drug-likeness (QED) is 0.605. The molecule has 0 radical (unpaired) electrons. The second kappa shape index (κ2) is 7.01. The molecule has 0 aliphatic carbocycles. The Labute approximate surface area is 141 Å². The highest BCUT2D eigenvalue weighted by Crippen LogP contribution is 2.28. The number of aliphatic hydroxyl groups is 2. The first-order valence-electron chi connectivity index (χ1n) is 7.52. The Hall–Kier alpha value is -2.75. The number of aliphatic hydroxyl groups excluding tert-OH is 2. The van der Waals surface area contributed by atoms with Crippen LogP contribution in [0.4, 0.5) is 0 Å². The van der Waals surface area contributed by atoms with E-state index in [2.05, 4.69) is 0 Å². The van der Waals surface area contributed by atoms with Crippen LogP contribution in [-0.2, 0) is 9.47 Å². The molecule has 1 aliphatic rings. The summed E-state index contributed by atoms with van der Waals surface area (Å²) in [5.41, 5.74) is -1.04. The molecular formula is C16H16N2O7. The van der Waals surface area contributed by atoms with Gasteiger partial charge in [-0.3, -0.25) is 14.3 Å². The molecule has 0 unspecified atom stereocenters. The molecule has 0 amide bonds. The lowest BCUT2D eigenvalue weighted by Gasteiger charge is -2.16. The van der Waals surface area contributed by atoms with Crippen LogP contribution in [0.2, 0.25) is 0 Å². The molecule has 0 saturated carbocycles. The molecule has 4 atom stereocenters. The number of H-pyrrole nitrogens is 1. The van der Waals surface area contributed by atoms with Crippen molar-refractivity contribution in [2.24, 2.45) is 0 Å². The van der Waals surface area contributed by atoms with Crippen molar-refractivity contribution in [3.8, 4) is 0 Å². The minimum absolute atomic E-state index is 0.305. The number of nitrogens with zero attached hydrogens (tertiary/aromatic N) is 1. The summed E-state index contributed by atoms with van der Waals surface area (Å²) in [6.45, 7) is -0.305. The largest absolute Gasteiger partial charge is 0.459 e. The molecule has 25 heavy (non-hydrogen) atoms. The van der Waals surface area contributed by atoms with Gasteiger partial charge in [-0.25, -0.2) is 9.59 Å². The Bertz CT molecular complexity index is 861. The highest BCUT2D eigenvalue weighted by atomic mass is 16.6.